The van der Waals surface area contributed by atoms with Crippen LogP contribution in [0.15, 0.2) is 18.2 Å². The van der Waals surface area contributed by atoms with Crippen LogP contribution in [0.1, 0.15) is 55.2 Å². The predicted octanol–water partition coefficient (Wildman–Crippen LogP) is 3.21. The number of aliphatic hydroxyl groups is 1. The van der Waals surface area contributed by atoms with Gasteiger partial charge in [-0.2, -0.15) is 0 Å². The zero-order valence-electron chi connectivity index (χ0n) is 12.9. The largest absolute Gasteiger partial charge is 0.388 e. The molecule has 2 heteroatoms. The molecule has 3 aliphatic carbocycles. The first kappa shape index (κ1) is 13.8. The Hall–Kier alpha value is -0.860. The van der Waals surface area contributed by atoms with E-state index in [4.69, 9.17) is 0 Å². The molecule has 0 atom stereocenters. The lowest BCUT2D eigenvalue weighted by Gasteiger charge is -2.29. The Kier molecular flexibility index (Phi) is 3.55. The molecule has 2 saturated carbocycles. The number of aryl methyl sites for hydroxylation is 2. The second kappa shape index (κ2) is 5.40. The molecule has 0 heterocycles. The third-order valence-corrected chi connectivity index (χ3v) is 5.72. The fourth-order valence-corrected chi connectivity index (χ4v) is 4.09. The van der Waals surface area contributed by atoms with E-state index in [2.05, 4.69) is 23.5 Å². The number of nitrogens with one attached hydrogen (secondary N) is 1. The van der Waals surface area contributed by atoms with E-state index in [0.717, 1.165) is 13.1 Å². The molecule has 114 valence electrons. The summed E-state index contributed by atoms with van der Waals surface area (Å²) < 4.78 is 0. The van der Waals surface area contributed by atoms with E-state index in [1.807, 2.05) is 0 Å². The standard InChI is InChI=1S/C19H27NO/c21-19(17-7-8-17,18-9-10-18)13-20-12-14-5-6-15-3-1-2-4-16(15)11-14/h5-6,11,17-18,20-21H,1-4,7-10,12-13H2. The summed E-state index contributed by atoms with van der Waals surface area (Å²) in [5.41, 5.74) is 4.08. The lowest BCUT2D eigenvalue weighted by atomic mass is 9.90. The molecule has 4 rings (SSSR count). The number of rotatable bonds is 6. The highest BCUT2D eigenvalue weighted by molar-refractivity contribution is 5.33. The molecule has 2 nitrogen and oxygen atoms in total. The molecule has 2 N–H and O–H groups in total. The van der Waals surface area contributed by atoms with Gasteiger partial charge in [-0.25, -0.2) is 0 Å². The molecule has 0 bridgehead atoms. The third kappa shape index (κ3) is 2.89. The molecule has 0 saturated heterocycles. The summed E-state index contributed by atoms with van der Waals surface area (Å²) in [5, 5.41) is 14.4. The zero-order chi connectivity index (χ0) is 14.3. The first-order valence-electron chi connectivity index (χ1n) is 8.79. The van der Waals surface area contributed by atoms with E-state index in [1.54, 1.807) is 11.1 Å². The minimum absolute atomic E-state index is 0.409. The van der Waals surface area contributed by atoms with Crippen LogP contribution in [0, 0.1) is 11.8 Å². The lowest BCUT2D eigenvalue weighted by molar-refractivity contribution is -0.00415. The summed E-state index contributed by atoms with van der Waals surface area (Å²) >= 11 is 0. The van der Waals surface area contributed by atoms with Gasteiger partial charge in [-0.1, -0.05) is 18.2 Å². The number of hydrogen-bond donors (Lipinski definition) is 2. The van der Waals surface area contributed by atoms with Crippen LogP contribution in [-0.2, 0) is 19.4 Å². The Bertz CT molecular complexity index is 504. The van der Waals surface area contributed by atoms with Gasteiger partial charge in [-0.05, 0) is 79.9 Å². The molecule has 0 amide bonds. The molecule has 1 aromatic rings. The normalized spacial score (nSPS) is 22.1. The lowest BCUT2D eigenvalue weighted by Crippen LogP contribution is -2.44. The molecule has 0 spiro atoms. The van der Waals surface area contributed by atoms with E-state index in [-0.39, 0.29) is 0 Å². The molecule has 1 aromatic carbocycles. The highest BCUT2D eigenvalue weighted by Crippen LogP contribution is 2.51. The summed E-state index contributed by atoms with van der Waals surface area (Å²) in [4.78, 5) is 0. The molecule has 0 aliphatic heterocycles. The SMILES string of the molecule is OC(CNCc1ccc2c(c1)CCCC2)(C1CC1)C1CC1. The van der Waals surface area contributed by atoms with Crippen molar-refractivity contribution in [1.82, 2.24) is 5.32 Å². The molecule has 0 aromatic heterocycles. The number of benzene rings is 1. The second-order valence-corrected chi connectivity index (χ2v) is 7.45. The van der Waals surface area contributed by atoms with Gasteiger partial charge in [0.2, 0.25) is 0 Å². The van der Waals surface area contributed by atoms with Crippen LogP contribution in [-0.4, -0.2) is 17.3 Å². The molecule has 2 fully saturated rings. The second-order valence-electron chi connectivity index (χ2n) is 7.45. The van der Waals surface area contributed by atoms with Gasteiger partial charge in [0.1, 0.15) is 0 Å². The topological polar surface area (TPSA) is 32.3 Å². The van der Waals surface area contributed by atoms with E-state index in [9.17, 15) is 5.11 Å². The van der Waals surface area contributed by atoms with Crippen molar-refractivity contribution < 1.29 is 5.11 Å². The van der Waals surface area contributed by atoms with Crippen molar-refractivity contribution in [2.45, 2.75) is 63.5 Å². The monoisotopic (exact) mass is 285 g/mol. The van der Waals surface area contributed by atoms with E-state index >= 15 is 0 Å². The van der Waals surface area contributed by atoms with Crippen LogP contribution < -0.4 is 5.32 Å². The summed E-state index contributed by atoms with van der Waals surface area (Å²) in [5.74, 6) is 1.14. The van der Waals surface area contributed by atoms with Gasteiger partial charge in [0.25, 0.3) is 0 Å². The Morgan fingerprint density at radius 2 is 1.67 bits per heavy atom. The van der Waals surface area contributed by atoms with Gasteiger partial charge in [0.15, 0.2) is 0 Å². The highest BCUT2D eigenvalue weighted by atomic mass is 16.3. The summed E-state index contributed by atoms with van der Waals surface area (Å²) in [6.07, 6.45) is 10.1. The summed E-state index contributed by atoms with van der Waals surface area (Å²) in [7, 11) is 0. The van der Waals surface area contributed by atoms with Gasteiger partial charge < -0.3 is 10.4 Å². The average molecular weight is 285 g/mol. The fraction of sp³-hybridized carbons (Fsp3) is 0.684. The van der Waals surface area contributed by atoms with Crippen LogP contribution in [0.3, 0.4) is 0 Å². The molecule has 0 unspecified atom stereocenters. The highest BCUT2D eigenvalue weighted by Gasteiger charge is 2.52. The molecule has 3 aliphatic rings. The van der Waals surface area contributed by atoms with Gasteiger partial charge in [-0.15, -0.1) is 0 Å². The maximum absolute atomic E-state index is 10.9. The summed E-state index contributed by atoms with van der Waals surface area (Å²) in [6.45, 7) is 1.68. The van der Waals surface area contributed by atoms with Crippen molar-refractivity contribution in [3.05, 3.63) is 34.9 Å². The number of hydrogen-bond acceptors (Lipinski definition) is 2. The Balaban J connectivity index is 1.36. The minimum atomic E-state index is -0.409. The molecular formula is C19H27NO. The summed E-state index contributed by atoms with van der Waals surface area (Å²) in [6, 6.07) is 6.97. The van der Waals surface area contributed by atoms with Crippen molar-refractivity contribution in [2.75, 3.05) is 6.54 Å². The minimum Gasteiger partial charge on any atom is -0.388 e. The smallest absolute Gasteiger partial charge is 0.0827 e. The van der Waals surface area contributed by atoms with Crippen LogP contribution in [0.2, 0.25) is 0 Å². The van der Waals surface area contributed by atoms with Crippen molar-refractivity contribution >= 4 is 0 Å². The molecule has 21 heavy (non-hydrogen) atoms. The van der Waals surface area contributed by atoms with Crippen molar-refractivity contribution in [3.63, 3.8) is 0 Å². The third-order valence-electron chi connectivity index (χ3n) is 5.72. The zero-order valence-corrected chi connectivity index (χ0v) is 12.9. The van der Waals surface area contributed by atoms with E-state index < -0.39 is 5.60 Å². The van der Waals surface area contributed by atoms with Crippen LogP contribution in [0.4, 0.5) is 0 Å². The van der Waals surface area contributed by atoms with Crippen molar-refractivity contribution in [1.29, 1.82) is 0 Å². The van der Waals surface area contributed by atoms with Crippen molar-refractivity contribution in [3.8, 4) is 0 Å². The molecule has 0 radical (unpaired) electrons. The first-order valence-corrected chi connectivity index (χ1v) is 8.79. The van der Waals surface area contributed by atoms with E-state index in [0.29, 0.717) is 11.8 Å². The average Bonchev–Trinajstić information content (AvgIpc) is 3.39. The van der Waals surface area contributed by atoms with Crippen molar-refractivity contribution in [2.24, 2.45) is 11.8 Å². The number of fused-ring (bicyclic) bond motifs is 1. The molecular weight excluding hydrogens is 258 g/mol. The van der Waals surface area contributed by atoms with Gasteiger partial charge >= 0.3 is 0 Å². The van der Waals surface area contributed by atoms with Gasteiger partial charge in [0.05, 0.1) is 5.60 Å². The maximum Gasteiger partial charge on any atom is 0.0827 e. The maximum atomic E-state index is 10.9. The Labute approximate surface area is 128 Å². The Morgan fingerprint density at radius 3 is 2.33 bits per heavy atom. The fourth-order valence-electron chi connectivity index (χ4n) is 4.09. The van der Waals surface area contributed by atoms with Crippen LogP contribution in [0.25, 0.3) is 0 Å². The predicted molar refractivity (Wildman–Crippen MR) is 85.2 cm³/mol. The quantitative estimate of drug-likeness (QED) is 0.841. The van der Waals surface area contributed by atoms with E-state index in [1.165, 1.54) is 56.9 Å². The van der Waals surface area contributed by atoms with Gasteiger partial charge in [-0.3, -0.25) is 0 Å². The van der Waals surface area contributed by atoms with Crippen LogP contribution in [0.5, 0.6) is 0 Å². The first-order chi connectivity index (χ1) is 10.3. The Morgan fingerprint density at radius 1 is 1.00 bits per heavy atom. The van der Waals surface area contributed by atoms with Crippen LogP contribution >= 0.6 is 0 Å². The van der Waals surface area contributed by atoms with Gasteiger partial charge in [0, 0.05) is 13.1 Å².